The van der Waals surface area contributed by atoms with Gasteiger partial charge in [0.1, 0.15) is 17.9 Å². The number of hydrogen-bond acceptors (Lipinski definition) is 4. The van der Waals surface area contributed by atoms with Gasteiger partial charge in [-0.05, 0) is 30.4 Å². The molecule has 7 heteroatoms. The van der Waals surface area contributed by atoms with E-state index < -0.39 is 0 Å². The number of pyridine rings is 1. The van der Waals surface area contributed by atoms with Gasteiger partial charge >= 0.3 is 0 Å². The van der Waals surface area contributed by atoms with Crippen molar-refractivity contribution in [1.29, 1.82) is 0 Å². The molecule has 4 aromatic rings. The second kappa shape index (κ2) is 7.69. The highest BCUT2D eigenvalue weighted by atomic mass is 32.1. The molecule has 0 aliphatic heterocycles. The summed E-state index contributed by atoms with van der Waals surface area (Å²) in [6, 6.07) is 12.1. The van der Waals surface area contributed by atoms with Crippen LogP contribution in [0.4, 0.5) is 0 Å². The Morgan fingerprint density at radius 3 is 2.64 bits per heavy atom. The molecule has 0 aliphatic carbocycles. The maximum Gasteiger partial charge on any atom is 0.202 e. The van der Waals surface area contributed by atoms with Crippen molar-refractivity contribution in [3.05, 3.63) is 64.9 Å². The molecule has 144 valence electrons. The molecule has 4 rings (SSSR count). The highest BCUT2D eigenvalue weighted by molar-refractivity contribution is 7.71. The van der Waals surface area contributed by atoms with Crippen molar-refractivity contribution in [2.24, 2.45) is 7.05 Å². The van der Waals surface area contributed by atoms with E-state index in [2.05, 4.69) is 31.1 Å². The highest BCUT2D eigenvalue weighted by Gasteiger charge is 2.18. The number of para-hydroxylation sites is 1. The summed E-state index contributed by atoms with van der Waals surface area (Å²) in [5.74, 6) is 1.91. The molecule has 6 nitrogen and oxygen atoms in total. The third kappa shape index (κ3) is 3.39. The standard InChI is InChI=1S/C21H23N5OS/c1-4-18-17(16-7-5-6-8-19(16)27-18)13-24(2)14-26-21(28)25(3)20(23-26)15-9-11-22-12-10-15/h5-12H,4,13-14H2,1-3H3/p+1. The van der Waals surface area contributed by atoms with Crippen LogP contribution in [-0.2, 0) is 26.7 Å². The molecule has 0 radical (unpaired) electrons. The van der Waals surface area contributed by atoms with Crippen LogP contribution >= 0.6 is 12.2 Å². The predicted molar refractivity (Wildman–Crippen MR) is 111 cm³/mol. The van der Waals surface area contributed by atoms with E-state index in [9.17, 15) is 0 Å². The Bertz CT molecular complexity index is 1160. The minimum absolute atomic E-state index is 0.681. The molecule has 0 aliphatic rings. The van der Waals surface area contributed by atoms with Crippen LogP contribution in [0.2, 0.25) is 0 Å². The minimum Gasteiger partial charge on any atom is -0.461 e. The van der Waals surface area contributed by atoms with Crippen molar-refractivity contribution in [1.82, 2.24) is 19.3 Å². The summed E-state index contributed by atoms with van der Waals surface area (Å²) in [5, 5.41) is 5.95. The average Bonchev–Trinajstić information content (AvgIpc) is 3.21. The van der Waals surface area contributed by atoms with Crippen LogP contribution in [-0.4, -0.2) is 26.4 Å². The zero-order valence-electron chi connectivity index (χ0n) is 16.3. The fraction of sp³-hybridized carbons (Fsp3) is 0.286. The molecule has 0 amide bonds. The van der Waals surface area contributed by atoms with Gasteiger partial charge in [-0.15, -0.1) is 5.10 Å². The van der Waals surface area contributed by atoms with Crippen LogP contribution in [0, 0.1) is 4.77 Å². The van der Waals surface area contributed by atoms with Crippen molar-refractivity contribution in [2.45, 2.75) is 26.6 Å². The van der Waals surface area contributed by atoms with Crippen molar-refractivity contribution >= 4 is 23.2 Å². The van der Waals surface area contributed by atoms with E-state index in [1.165, 1.54) is 15.8 Å². The van der Waals surface area contributed by atoms with Gasteiger partial charge in [-0.2, -0.15) is 4.68 Å². The van der Waals surface area contributed by atoms with Gasteiger partial charge in [-0.1, -0.05) is 25.1 Å². The van der Waals surface area contributed by atoms with Crippen LogP contribution in [0.15, 0.2) is 53.2 Å². The van der Waals surface area contributed by atoms with Crippen LogP contribution in [0.25, 0.3) is 22.4 Å². The quantitative estimate of drug-likeness (QED) is 0.511. The van der Waals surface area contributed by atoms with Crippen molar-refractivity contribution < 1.29 is 9.32 Å². The number of aryl methyl sites for hydroxylation is 1. The van der Waals surface area contributed by atoms with E-state index in [1.807, 2.05) is 40.6 Å². The van der Waals surface area contributed by atoms with E-state index >= 15 is 0 Å². The first-order valence-electron chi connectivity index (χ1n) is 9.43. The molecule has 0 spiro atoms. The van der Waals surface area contributed by atoms with Gasteiger partial charge in [0.15, 0.2) is 12.5 Å². The smallest absolute Gasteiger partial charge is 0.202 e. The molecule has 0 fully saturated rings. The summed E-state index contributed by atoms with van der Waals surface area (Å²) >= 11 is 5.62. The molecular weight excluding hydrogens is 370 g/mol. The molecule has 0 bridgehead atoms. The first-order chi connectivity index (χ1) is 13.6. The van der Waals surface area contributed by atoms with Crippen LogP contribution in [0.3, 0.4) is 0 Å². The van der Waals surface area contributed by atoms with Gasteiger partial charge in [0.25, 0.3) is 0 Å². The van der Waals surface area contributed by atoms with E-state index in [-0.39, 0.29) is 0 Å². The molecule has 0 saturated heterocycles. The number of fused-ring (bicyclic) bond motifs is 1. The summed E-state index contributed by atoms with van der Waals surface area (Å²) in [4.78, 5) is 5.37. The zero-order valence-corrected chi connectivity index (χ0v) is 17.2. The fourth-order valence-corrected chi connectivity index (χ4v) is 3.78. The summed E-state index contributed by atoms with van der Waals surface area (Å²) in [6.07, 6.45) is 4.42. The number of furan rings is 1. The molecule has 1 atom stereocenters. The minimum atomic E-state index is 0.681. The average molecular weight is 395 g/mol. The Morgan fingerprint density at radius 1 is 1.14 bits per heavy atom. The molecule has 1 N–H and O–H groups in total. The molecule has 3 aromatic heterocycles. The number of rotatable bonds is 6. The van der Waals surface area contributed by atoms with Crippen LogP contribution in [0.1, 0.15) is 18.2 Å². The Labute approximate surface area is 169 Å². The van der Waals surface area contributed by atoms with Crippen molar-refractivity contribution in [3.63, 3.8) is 0 Å². The number of quaternary nitrogens is 1. The monoisotopic (exact) mass is 394 g/mol. The number of hydrogen-bond donors (Lipinski definition) is 1. The lowest BCUT2D eigenvalue weighted by Crippen LogP contribution is -3.07. The Kier molecular flexibility index (Phi) is 5.11. The Balaban J connectivity index is 1.60. The predicted octanol–water partition coefficient (Wildman–Crippen LogP) is 2.99. The molecule has 28 heavy (non-hydrogen) atoms. The summed E-state index contributed by atoms with van der Waals surface area (Å²) in [7, 11) is 4.11. The first-order valence-corrected chi connectivity index (χ1v) is 9.84. The topological polar surface area (TPSA) is 53.2 Å². The summed E-state index contributed by atoms with van der Waals surface area (Å²) < 4.78 is 10.6. The molecule has 1 unspecified atom stereocenters. The van der Waals surface area contributed by atoms with Crippen molar-refractivity contribution in [2.75, 3.05) is 7.05 Å². The fourth-order valence-electron chi connectivity index (χ4n) is 3.59. The lowest BCUT2D eigenvalue weighted by Gasteiger charge is -2.14. The van der Waals surface area contributed by atoms with E-state index in [4.69, 9.17) is 21.7 Å². The molecule has 3 heterocycles. The number of benzene rings is 1. The normalized spacial score (nSPS) is 12.5. The first kappa shape index (κ1) is 18.6. The SMILES string of the molecule is CCc1oc2ccccc2c1C[NH+](C)Cn1nc(-c2ccncc2)n(C)c1=S. The van der Waals surface area contributed by atoms with Gasteiger partial charge in [-0.25, -0.2) is 0 Å². The number of nitrogens with zero attached hydrogens (tertiary/aromatic N) is 4. The number of nitrogens with one attached hydrogen (secondary N) is 1. The highest BCUT2D eigenvalue weighted by Crippen LogP contribution is 2.25. The van der Waals surface area contributed by atoms with Gasteiger partial charge in [0.05, 0.1) is 12.6 Å². The van der Waals surface area contributed by atoms with Gasteiger partial charge in [0, 0.05) is 36.8 Å². The third-order valence-electron chi connectivity index (χ3n) is 4.98. The molecular formula is C21H24N5OS+. The largest absolute Gasteiger partial charge is 0.461 e. The van der Waals surface area contributed by atoms with Crippen LogP contribution < -0.4 is 4.90 Å². The number of aromatic nitrogens is 4. The van der Waals surface area contributed by atoms with Crippen LogP contribution in [0.5, 0.6) is 0 Å². The van der Waals surface area contributed by atoms with Gasteiger partial charge in [-0.3, -0.25) is 4.98 Å². The summed E-state index contributed by atoms with van der Waals surface area (Å²) in [6.45, 7) is 3.66. The second-order valence-electron chi connectivity index (χ2n) is 7.05. The Morgan fingerprint density at radius 2 is 1.89 bits per heavy atom. The van der Waals surface area contributed by atoms with E-state index in [0.717, 1.165) is 35.7 Å². The zero-order chi connectivity index (χ0) is 19.7. The summed E-state index contributed by atoms with van der Waals surface area (Å²) in [5.41, 5.74) is 3.23. The van der Waals surface area contributed by atoms with E-state index in [0.29, 0.717) is 11.4 Å². The Hall–Kier alpha value is -2.77. The van der Waals surface area contributed by atoms with E-state index in [1.54, 1.807) is 12.4 Å². The molecule has 0 saturated carbocycles. The second-order valence-corrected chi connectivity index (χ2v) is 7.41. The lowest BCUT2D eigenvalue weighted by molar-refractivity contribution is -0.917. The molecule has 1 aromatic carbocycles. The maximum atomic E-state index is 6.04. The maximum absolute atomic E-state index is 6.04. The van der Waals surface area contributed by atoms with Gasteiger partial charge < -0.3 is 13.9 Å². The third-order valence-corrected chi connectivity index (χ3v) is 5.47. The van der Waals surface area contributed by atoms with Gasteiger partial charge in [0.2, 0.25) is 4.77 Å². The lowest BCUT2D eigenvalue weighted by atomic mass is 10.1. The van der Waals surface area contributed by atoms with Crippen molar-refractivity contribution in [3.8, 4) is 11.4 Å².